The number of nitrogens with zero attached hydrogens (tertiary/aromatic N) is 5. The molecule has 1 amide bonds. The van der Waals surface area contributed by atoms with E-state index in [9.17, 15) is 13.2 Å². The van der Waals surface area contributed by atoms with E-state index in [4.69, 9.17) is 11.6 Å². The second-order valence-electron chi connectivity index (χ2n) is 5.95. The lowest BCUT2D eigenvalue weighted by atomic mass is 10.3. The lowest BCUT2D eigenvalue weighted by molar-refractivity contribution is 0.0941. The number of fused-ring (bicyclic) bond motifs is 1. The number of hydrogen-bond acceptors (Lipinski definition) is 5. The summed E-state index contributed by atoms with van der Waals surface area (Å²) in [6.45, 7) is 1.63. The van der Waals surface area contributed by atoms with Gasteiger partial charge in [0.2, 0.25) is 10.0 Å². The molecule has 0 saturated heterocycles. The summed E-state index contributed by atoms with van der Waals surface area (Å²) in [6.07, 6.45) is 3.31. The molecule has 0 atom stereocenters. The van der Waals surface area contributed by atoms with Crippen molar-refractivity contribution >= 4 is 27.5 Å². The van der Waals surface area contributed by atoms with Crippen LogP contribution in [0, 0.1) is 0 Å². The maximum Gasteiger partial charge on any atom is 0.271 e. The Morgan fingerprint density at radius 2 is 2.16 bits per heavy atom. The van der Waals surface area contributed by atoms with Gasteiger partial charge in [0.05, 0.1) is 42.0 Å². The first-order chi connectivity index (χ1) is 11.8. The van der Waals surface area contributed by atoms with E-state index in [-0.39, 0.29) is 29.7 Å². The molecule has 25 heavy (non-hydrogen) atoms. The Labute approximate surface area is 150 Å². The fraction of sp³-hybridized carbons (Fsp3) is 0.500. The summed E-state index contributed by atoms with van der Waals surface area (Å²) >= 11 is 5.95. The van der Waals surface area contributed by atoms with E-state index in [1.54, 1.807) is 11.7 Å². The van der Waals surface area contributed by atoms with Crippen LogP contribution in [0.5, 0.6) is 0 Å². The smallest absolute Gasteiger partial charge is 0.271 e. The second-order valence-corrected chi connectivity index (χ2v) is 8.34. The number of amides is 1. The van der Waals surface area contributed by atoms with Crippen LogP contribution in [0.3, 0.4) is 0 Å². The van der Waals surface area contributed by atoms with E-state index in [0.717, 1.165) is 5.69 Å². The lowest BCUT2D eigenvalue weighted by Gasteiger charge is -2.16. The fourth-order valence-electron chi connectivity index (χ4n) is 2.78. The summed E-state index contributed by atoms with van der Waals surface area (Å²) in [7, 11) is -1.61. The van der Waals surface area contributed by atoms with E-state index >= 15 is 0 Å². The molecule has 136 valence electrons. The molecule has 1 N–H and O–H groups in total. The molecule has 0 aromatic carbocycles. The van der Waals surface area contributed by atoms with E-state index in [1.807, 2.05) is 6.07 Å². The summed E-state index contributed by atoms with van der Waals surface area (Å²) in [5.41, 5.74) is 1.76. The Bertz CT molecular complexity index is 884. The van der Waals surface area contributed by atoms with E-state index in [2.05, 4.69) is 15.5 Å². The molecule has 0 aliphatic carbocycles. The largest absolute Gasteiger partial charge is 0.345 e. The summed E-state index contributed by atoms with van der Waals surface area (Å²) in [4.78, 5) is 12.2. The summed E-state index contributed by atoms with van der Waals surface area (Å²) < 4.78 is 28.2. The predicted molar refractivity (Wildman–Crippen MR) is 91.5 cm³/mol. The van der Waals surface area contributed by atoms with Gasteiger partial charge in [-0.05, 0) is 12.5 Å². The van der Waals surface area contributed by atoms with Crippen LogP contribution in [0.4, 0.5) is 0 Å². The lowest BCUT2D eigenvalue weighted by Crippen LogP contribution is -2.29. The van der Waals surface area contributed by atoms with Crippen molar-refractivity contribution in [1.82, 2.24) is 29.2 Å². The molecular formula is C14H19ClN6O3S. The molecular weight excluding hydrogens is 368 g/mol. The van der Waals surface area contributed by atoms with Gasteiger partial charge in [-0.25, -0.2) is 8.42 Å². The fourth-order valence-corrected chi connectivity index (χ4v) is 3.86. The van der Waals surface area contributed by atoms with Gasteiger partial charge in [0.15, 0.2) is 0 Å². The summed E-state index contributed by atoms with van der Waals surface area (Å²) in [6, 6.07) is 1.81. The summed E-state index contributed by atoms with van der Waals surface area (Å²) in [5, 5.41) is 11.4. The maximum absolute atomic E-state index is 12.2. The minimum atomic E-state index is -3.25. The minimum Gasteiger partial charge on any atom is -0.345 e. The minimum absolute atomic E-state index is 0.221. The first-order valence-electron chi connectivity index (χ1n) is 7.72. The van der Waals surface area contributed by atoms with E-state index < -0.39 is 10.0 Å². The van der Waals surface area contributed by atoms with Crippen molar-refractivity contribution < 1.29 is 13.2 Å². The standard InChI is InChI=1S/C14H19ClN6O3S/c1-19-13(12(15)8-17-19)14(22)16-7-10-6-11-9-20(25(2,23)24)4-3-5-21(11)18-10/h6,8H,3-5,7,9H2,1-2H3,(H,16,22). The van der Waals surface area contributed by atoms with Crippen LogP contribution < -0.4 is 5.32 Å². The Kier molecular flexibility index (Phi) is 4.85. The van der Waals surface area contributed by atoms with Crippen molar-refractivity contribution in [3.63, 3.8) is 0 Å². The van der Waals surface area contributed by atoms with Crippen molar-refractivity contribution in [2.75, 3.05) is 12.8 Å². The number of carbonyl (C=O) groups excluding carboxylic acids is 1. The first kappa shape index (κ1) is 17.9. The van der Waals surface area contributed by atoms with Crippen LogP contribution in [-0.4, -0.2) is 51.0 Å². The maximum atomic E-state index is 12.2. The zero-order valence-corrected chi connectivity index (χ0v) is 15.5. The van der Waals surface area contributed by atoms with Crippen molar-refractivity contribution in [3.05, 3.63) is 34.4 Å². The summed E-state index contributed by atoms with van der Waals surface area (Å²) in [5.74, 6) is -0.342. The number of nitrogens with one attached hydrogen (secondary N) is 1. The third kappa shape index (κ3) is 3.86. The van der Waals surface area contributed by atoms with Gasteiger partial charge in [-0.3, -0.25) is 14.2 Å². The quantitative estimate of drug-likeness (QED) is 0.817. The predicted octanol–water partition coefficient (Wildman–Crippen LogP) is 0.365. The Balaban J connectivity index is 1.71. The molecule has 0 fully saturated rings. The number of rotatable bonds is 4. The van der Waals surface area contributed by atoms with Crippen molar-refractivity contribution in [1.29, 1.82) is 0 Å². The van der Waals surface area contributed by atoms with Gasteiger partial charge < -0.3 is 5.32 Å². The van der Waals surface area contributed by atoms with Crippen LogP contribution in [0.25, 0.3) is 0 Å². The molecule has 2 aromatic rings. The average molecular weight is 387 g/mol. The van der Waals surface area contributed by atoms with E-state index in [1.165, 1.54) is 21.4 Å². The third-order valence-electron chi connectivity index (χ3n) is 4.04. The van der Waals surface area contributed by atoms with Gasteiger partial charge in [0, 0.05) is 20.1 Å². The Hall–Kier alpha value is -1.91. The molecule has 3 rings (SSSR count). The third-order valence-corrected chi connectivity index (χ3v) is 5.56. The highest BCUT2D eigenvalue weighted by Gasteiger charge is 2.23. The number of sulfonamides is 1. The number of aryl methyl sites for hydroxylation is 2. The molecule has 3 heterocycles. The Morgan fingerprint density at radius 3 is 2.80 bits per heavy atom. The van der Waals surface area contributed by atoms with Gasteiger partial charge in [-0.2, -0.15) is 14.5 Å². The Morgan fingerprint density at radius 1 is 1.40 bits per heavy atom. The number of aromatic nitrogens is 4. The number of halogens is 1. The molecule has 11 heteroatoms. The zero-order chi connectivity index (χ0) is 18.2. The highest BCUT2D eigenvalue weighted by molar-refractivity contribution is 7.88. The van der Waals surface area contributed by atoms with Gasteiger partial charge in [0.1, 0.15) is 5.69 Å². The molecule has 0 radical (unpaired) electrons. The molecule has 0 saturated carbocycles. The van der Waals surface area contributed by atoms with Crippen LogP contribution in [0.15, 0.2) is 12.3 Å². The van der Waals surface area contributed by atoms with Gasteiger partial charge in [-0.1, -0.05) is 11.6 Å². The van der Waals surface area contributed by atoms with Gasteiger partial charge >= 0.3 is 0 Å². The van der Waals surface area contributed by atoms with Gasteiger partial charge in [-0.15, -0.1) is 0 Å². The van der Waals surface area contributed by atoms with Crippen LogP contribution in [0.1, 0.15) is 28.3 Å². The van der Waals surface area contributed by atoms with Crippen molar-refractivity contribution in [3.8, 4) is 0 Å². The molecule has 0 spiro atoms. The van der Waals surface area contributed by atoms with Crippen LogP contribution in [-0.2, 0) is 36.7 Å². The molecule has 2 aromatic heterocycles. The van der Waals surface area contributed by atoms with Gasteiger partial charge in [0.25, 0.3) is 5.91 Å². The average Bonchev–Trinajstić information content (AvgIpc) is 2.99. The van der Waals surface area contributed by atoms with E-state index in [0.29, 0.717) is 25.2 Å². The SMILES string of the molecule is Cn1ncc(Cl)c1C(=O)NCc1cc2n(n1)CCCN(S(C)(=O)=O)C2. The monoisotopic (exact) mass is 386 g/mol. The highest BCUT2D eigenvalue weighted by Crippen LogP contribution is 2.17. The molecule has 9 nitrogen and oxygen atoms in total. The highest BCUT2D eigenvalue weighted by atomic mass is 35.5. The molecule has 0 unspecified atom stereocenters. The normalized spacial score (nSPS) is 15.6. The first-order valence-corrected chi connectivity index (χ1v) is 9.95. The molecule has 1 aliphatic heterocycles. The molecule has 0 bridgehead atoms. The van der Waals surface area contributed by atoms with Crippen molar-refractivity contribution in [2.45, 2.75) is 26.1 Å². The van der Waals surface area contributed by atoms with Crippen LogP contribution >= 0.6 is 11.6 Å². The molecule has 1 aliphatic rings. The topological polar surface area (TPSA) is 102 Å². The number of carbonyl (C=O) groups is 1. The second kappa shape index (κ2) is 6.77. The van der Waals surface area contributed by atoms with Crippen molar-refractivity contribution in [2.24, 2.45) is 7.05 Å². The van der Waals surface area contributed by atoms with Crippen LogP contribution in [0.2, 0.25) is 5.02 Å². The zero-order valence-electron chi connectivity index (χ0n) is 13.9. The number of hydrogen-bond donors (Lipinski definition) is 1.